The van der Waals surface area contributed by atoms with E-state index < -0.39 is 11.6 Å². The van der Waals surface area contributed by atoms with Gasteiger partial charge in [-0.05, 0) is 24.0 Å². The molecule has 0 spiro atoms. The highest BCUT2D eigenvalue weighted by molar-refractivity contribution is 6.06. The maximum Gasteiger partial charge on any atom is 0.306 e. The Balaban J connectivity index is 1.76. The third kappa shape index (κ3) is 2.65. The minimum atomic E-state index is -1.31. The predicted molar refractivity (Wildman–Crippen MR) is 97.5 cm³/mol. The van der Waals surface area contributed by atoms with Crippen molar-refractivity contribution in [3.05, 3.63) is 47.8 Å². The van der Waals surface area contributed by atoms with Crippen LogP contribution in [0.1, 0.15) is 28.8 Å². The van der Waals surface area contributed by atoms with Crippen LogP contribution in [0.15, 0.2) is 36.7 Å². The van der Waals surface area contributed by atoms with E-state index in [1.807, 2.05) is 6.07 Å². The van der Waals surface area contributed by atoms with Gasteiger partial charge < -0.3 is 15.6 Å². The molecular weight excluding hydrogens is 348 g/mol. The summed E-state index contributed by atoms with van der Waals surface area (Å²) in [4.78, 5) is 28.5. The zero-order valence-electron chi connectivity index (χ0n) is 14.7. The zero-order valence-corrected chi connectivity index (χ0v) is 14.7. The van der Waals surface area contributed by atoms with E-state index in [1.165, 1.54) is 7.11 Å². The number of benzene rings is 1. The molecule has 8 heteroatoms. The summed E-state index contributed by atoms with van der Waals surface area (Å²) in [6.07, 6.45) is 3.81. The molecule has 138 valence electrons. The molecule has 0 bridgehead atoms. The fraction of sp³-hybridized carbons (Fsp3) is 0.263. The minimum absolute atomic E-state index is 0.297. The summed E-state index contributed by atoms with van der Waals surface area (Å²) in [7, 11) is 1.38. The smallest absolute Gasteiger partial charge is 0.306 e. The molecule has 3 aromatic rings. The first-order valence-corrected chi connectivity index (χ1v) is 8.48. The Morgan fingerprint density at radius 1 is 1.37 bits per heavy atom. The zero-order chi connectivity index (χ0) is 19.2. The second-order valence-corrected chi connectivity index (χ2v) is 6.63. The number of rotatable bonds is 4. The number of ether oxygens (including phenoxy) is 1. The fourth-order valence-electron chi connectivity index (χ4n) is 3.68. The largest absolute Gasteiger partial charge is 0.481 e. The van der Waals surface area contributed by atoms with Gasteiger partial charge in [0.25, 0.3) is 0 Å². The number of hydrogen-bond donors (Lipinski definition) is 2. The quantitative estimate of drug-likeness (QED) is 0.724. The van der Waals surface area contributed by atoms with Crippen molar-refractivity contribution in [3.63, 3.8) is 0 Å². The lowest BCUT2D eigenvalue weighted by molar-refractivity contribution is -0.142. The number of fused-ring (bicyclic) bond motifs is 2. The summed E-state index contributed by atoms with van der Waals surface area (Å²) < 4.78 is 6.92. The Bertz CT molecular complexity index is 1070. The third-order valence-electron chi connectivity index (χ3n) is 5.15. The Morgan fingerprint density at radius 3 is 2.93 bits per heavy atom. The monoisotopic (exact) mass is 366 g/mol. The van der Waals surface area contributed by atoms with Gasteiger partial charge in [0, 0.05) is 30.5 Å². The number of nitrogens with two attached hydrogens (primary N) is 1. The SMILES string of the molecule is COC1(CC(=O)O)CCc2cc(-c3cnc4ccnn4c3N)ccc2C1=O. The fourth-order valence-corrected chi connectivity index (χ4v) is 3.68. The molecule has 8 nitrogen and oxygen atoms in total. The highest BCUT2D eigenvalue weighted by Gasteiger charge is 2.44. The van der Waals surface area contributed by atoms with Gasteiger partial charge in [-0.1, -0.05) is 18.2 Å². The van der Waals surface area contributed by atoms with E-state index in [0.29, 0.717) is 29.9 Å². The highest BCUT2D eigenvalue weighted by Crippen LogP contribution is 2.36. The molecule has 2 heterocycles. The molecule has 1 aliphatic rings. The topological polar surface area (TPSA) is 120 Å². The van der Waals surface area contributed by atoms with Crippen molar-refractivity contribution in [2.45, 2.75) is 24.9 Å². The summed E-state index contributed by atoms with van der Waals surface area (Å²) in [5, 5.41) is 13.3. The third-order valence-corrected chi connectivity index (χ3v) is 5.15. The number of carboxylic acids is 1. The maximum atomic E-state index is 12.9. The second-order valence-electron chi connectivity index (χ2n) is 6.63. The van der Waals surface area contributed by atoms with E-state index in [0.717, 1.165) is 16.7 Å². The molecule has 0 aliphatic heterocycles. The lowest BCUT2D eigenvalue weighted by Gasteiger charge is -2.34. The molecule has 3 N–H and O–H groups in total. The normalized spacial score (nSPS) is 19.2. The summed E-state index contributed by atoms with van der Waals surface area (Å²) in [6, 6.07) is 7.15. The molecule has 2 aromatic heterocycles. The summed E-state index contributed by atoms with van der Waals surface area (Å²) in [5.41, 5.74) is 8.44. The second kappa shape index (κ2) is 6.17. The van der Waals surface area contributed by atoms with Crippen LogP contribution in [0.5, 0.6) is 0 Å². The van der Waals surface area contributed by atoms with Crippen molar-refractivity contribution >= 4 is 23.2 Å². The number of aliphatic carboxylic acids is 1. The van der Waals surface area contributed by atoms with E-state index in [1.54, 1.807) is 35.1 Å². The van der Waals surface area contributed by atoms with Crippen LogP contribution < -0.4 is 5.73 Å². The van der Waals surface area contributed by atoms with Crippen LogP contribution in [0.4, 0.5) is 5.82 Å². The first-order valence-electron chi connectivity index (χ1n) is 8.48. The van der Waals surface area contributed by atoms with Gasteiger partial charge in [0.2, 0.25) is 0 Å². The number of nitrogen functional groups attached to an aromatic ring is 1. The number of anilines is 1. The average Bonchev–Trinajstić information content (AvgIpc) is 3.14. The van der Waals surface area contributed by atoms with Gasteiger partial charge in [-0.25, -0.2) is 4.98 Å². The highest BCUT2D eigenvalue weighted by atomic mass is 16.5. The van der Waals surface area contributed by atoms with E-state index in [2.05, 4.69) is 10.1 Å². The lowest BCUT2D eigenvalue weighted by atomic mass is 9.76. The van der Waals surface area contributed by atoms with E-state index in [9.17, 15) is 9.59 Å². The standard InChI is InChI=1S/C19H18N4O4/c1-27-19(9-16(24)25)6-4-12-8-11(2-3-13(12)17(19)26)14-10-21-15-5-7-22-23(15)18(14)20/h2-3,5,7-8,10H,4,6,9,20H2,1H3,(H,24,25). The van der Waals surface area contributed by atoms with Gasteiger partial charge in [0.05, 0.1) is 12.6 Å². The van der Waals surface area contributed by atoms with Crippen molar-refractivity contribution < 1.29 is 19.4 Å². The Labute approximate surface area is 154 Å². The van der Waals surface area contributed by atoms with Gasteiger partial charge in [0.1, 0.15) is 11.4 Å². The number of carboxylic acid groups (broad SMARTS) is 1. The van der Waals surface area contributed by atoms with Gasteiger partial charge >= 0.3 is 5.97 Å². The molecule has 1 atom stereocenters. The Hall–Kier alpha value is -3.26. The van der Waals surface area contributed by atoms with E-state index >= 15 is 0 Å². The van der Waals surface area contributed by atoms with Gasteiger partial charge in [-0.3, -0.25) is 9.59 Å². The number of Topliss-reactive ketones (excluding diaryl/α,β-unsaturated/α-hetero) is 1. The number of aromatic nitrogens is 3. The van der Waals surface area contributed by atoms with Crippen molar-refractivity contribution in [3.8, 4) is 11.1 Å². The maximum absolute atomic E-state index is 12.9. The first-order chi connectivity index (χ1) is 12.9. The van der Waals surface area contributed by atoms with Crippen LogP contribution >= 0.6 is 0 Å². The molecule has 1 aliphatic carbocycles. The number of methoxy groups -OCH3 is 1. The summed E-state index contributed by atoms with van der Waals surface area (Å²) >= 11 is 0. The van der Waals surface area contributed by atoms with E-state index in [-0.39, 0.29) is 12.2 Å². The molecule has 0 radical (unpaired) electrons. The van der Waals surface area contributed by atoms with Crippen LogP contribution in [0.3, 0.4) is 0 Å². The summed E-state index contributed by atoms with van der Waals surface area (Å²) in [6.45, 7) is 0. The molecular formula is C19H18N4O4. The number of ketones is 1. The Kier molecular flexibility index (Phi) is 3.92. The molecule has 1 aromatic carbocycles. The van der Waals surface area contributed by atoms with Gasteiger partial charge in [0.15, 0.2) is 11.4 Å². The average molecular weight is 366 g/mol. The van der Waals surface area contributed by atoms with Crippen molar-refractivity contribution in [2.24, 2.45) is 0 Å². The lowest BCUT2D eigenvalue weighted by Crippen LogP contribution is -2.46. The van der Waals surface area contributed by atoms with Gasteiger partial charge in [-0.2, -0.15) is 9.61 Å². The van der Waals surface area contributed by atoms with Crippen LogP contribution in [0, 0.1) is 0 Å². The minimum Gasteiger partial charge on any atom is -0.481 e. The van der Waals surface area contributed by atoms with E-state index in [4.69, 9.17) is 15.6 Å². The number of aryl methyl sites for hydroxylation is 1. The van der Waals surface area contributed by atoms with Crippen LogP contribution in [0.2, 0.25) is 0 Å². The molecule has 0 fully saturated rings. The molecule has 1 unspecified atom stereocenters. The van der Waals surface area contributed by atoms with Crippen LogP contribution in [-0.2, 0) is 16.0 Å². The number of carbonyl (C=O) groups excluding carboxylic acids is 1. The van der Waals surface area contributed by atoms with Crippen molar-refractivity contribution in [2.75, 3.05) is 12.8 Å². The molecule has 0 amide bonds. The van der Waals surface area contributed by atoms with Gasteiger partial charge in [-0.15, -0.1) is 0 Å². The molecule has 0 saturated heterocycles. The number of carbonyl (C=O) groups is 2. The Morgan fingerprint density at radius 2 is 2.19 bits per heavy atom. The van der Waals surface area contributed by atoms with Crippen molar-refractivity contribution in [1.29, 1.82) is 0 Å². The van der Waals surface area contributed by atoms with Crippen molar-refractivity contribution in [1.82, 2.24) is 14.6 Å². The summed E-state index contributed by atoms with van der Waals surface area (Å²) in [5.74, 6) is -0.894. The molecule has 4 rings (SSSR count). The predicted octanol–water partition coefficient (Wildman–Crippen LogP) is 1.97. The van der Waals surface area contributed by atoms with Crippen LogP contribution in [-0.4, -0.2) is 44.2 Å². The molecule has 0 saturated carbocycles. The number of hydrogen-bond acceptors (Lipinski definition) is 6. The first kappa shape index (κ1) is 17.2. The number of nitrogens with zero attached hydrogens (tertiary/aromatic N) is 3. The molecule has 27 heavy (non-hydrogen) atoms. The van der Waals surface area contributed by atoms with Crippen LogP contribution in [0.25, 0.3) is 16.8 Å².